The second-order valence-electron chi connectivity index (χ2n) is 7.31. The number of carbonyl (C=O) groups excluding carboxylic acids is 1. The van der Waals surface area contributed by atoms with Gasteiger partial charge in [0.25, 0.3) is 0 Å². The zero-order valence-electron chi connectivity index (χ0n) is 14.9. The Morgan fingerprint density at radius 2 is 1.96 bits per heavy atom. The number of anilines is 1. The van der Waals surface area contributed by atoms with Gasteiger partial charge in [0.1, 0.15) is 0 Å². The zero-order chi connectivity index (χ0) is 16.8. The summed E-state index contributed by atoms with van der Waals surface area (Å²) in [5.41, 5.74) is 1.28. The van der Waals surface area contributed by atoms with Crippen molar-refractivity contribution in [1.29, 1.82) is 0 Å². The van der Waals surface area contributed by atoms with Crippen molar-refractivity contribution in [1.82, 2.24) is 10.2 Å². The minimum absolute atomic E-state index is 0.327. The number of carbonyl (C=O) groups is 1. The highest BCUT2D eigenvalue weighted by molar-refractivity contribution is 5.76. The van der Waals surface area contributed by atoms with Crippen LogP contribution in [0.15, 0.2) is 30.3 Å². The average molecular weight is 329 g/mol. The number of rotatable bonds is 5. The maximum atomic E-state index is 12.6. The van der Waals surface area contributed by atoms with Gasteiger partial charge in [0.15, 0.2) is 0 Å². The van der Waals surface area contributed by atoms with E-state index in [0.29, 0.717) is 18.4 Å². The molecule has 2 saturated heterocycles. The molecule has 2 aliphatic heterocycles. The van der Waals surface area contributed by atoms with E-state index in [1.165, 1.54) is 18.5 Å². The summed E-state index contributed by atoms with van der Waals surface area (Å²) in [5.74, 6) is 1.06. The summed E-state index contributed by atoms with van der Waals surface area (Å²) in [6.45, 7) is 4.28. The molecule has 24 heavy (non-hydrogen) atoms. The van der Waals surface area contributed by atoms with Crippen LogP contribution in [-0.4, -0.2) is 50.1 Å². The molecule has 0 aliphatic carbocycles. The summed E-state index contributed by atoms with van der Waals surface area (Å²) < 4.78 is 0. The first-order valence-corrected chi connectivity index (χ1v) is 9.50. The molecule has 1 N–H and O–H groups in total. The van der Waals surface area contributed by atoms with E-state index in [1.54, 1.807) is 0 Å². The number of likely N-dealkylation sites (N-methyl/N-ethyl adjacent to an activating group) is 1. The van der Waals surface area contributed by atoms with Crippen LogP contribution in [0.25, 0.3) is 0 Å². The normalized spacial score (nSPS) is 22.4. The first-order valence-electron chi connectivity index (χ1n) is 9.50. The van der Waals surface area contributed by atoms with Crippen LogP contribution in [0.1, 0.15) is 38.5 Å². The van der Waals surface area contributed by atoms with E-state index in [-0.39, 0.29) is 0 Å². The molecule has 0 radical (unpaired) electrons. The summed E-state index contributed by atoms with van der Waals surface area (Å²) in [6.07, 6.45) is 6.50. The lowest BCUT2D eigenvalue weighted by Crippen LogP contribution is -2.48. The van der Waals surface area contributed by atoms with Crippen molar-refractivity contribution >= 4 is 11.6 Å². The minimum Gasteiger partial charge on any atom is -0.369 e. The highest BCUT2D eigenvalue weighted by atomic mass is 16.2. The molecule has 1 aromatic carbocycles. The van der Waals surface area contributed by atoms with Crippen LogP contribution >= 0.6 is 0 Å². The molecule has 0 spiro atoms. The Bertz CT molecular complexity index is 513. The summed E-state index contributed by atoms with van der Waals surface area (Å²) in [6, 6.07) is 10.9. The van der Waals surface area contributed by atoms with Gasteiger partial charge in [-0.1, -0.05) is 18.2 Å². The van der Waals surface area contributed by atoms with Crippen LogP contribution in [0.5, 0.6) is 0 Å². The minimum atomic E-state index is 0.327. The molecule has 0 aromatic heterocycles. The molecule has 1 aromatic rings. The van der Waals surface area contributed by atoms with Gasteiger partial charge in [-0.05, 0) is 63.2 Å². The van der Waals surface area contributed by atoms with E-state index < -0.39 is 0 Å². The smallest absolute Gasteiger partial charge is 0.222 e. The summed E-state index contributed by atoms with van der Waals surface area (Å²) in [7, 11) is 2.00. The van der Waals surface area contributed by atoms with E-state index in [9.17, 15) is 4.79 Å². The molecule has 0 saturated carbocycles. The van der Waals surface area contributed by atoms with Gasteiger partial charge >= 0.3 is 0 Å². The molecule has 4 heteroatoms. The van der Waals surface area contributed by atoms with E-state index in [2.05, 4.69) is 40.5 Å². The molecular formula is C20H31N3O. The van der Waals surface area contributed by atoms with Crippen molar-refractivity contribution < 1.29 is 4.79 Å². The number of hydrogen-bond acceptors (Lipinski definition) is 3. The molecule has 0 bridgehead atoms. The Morgan fingerprint density at radius 3 is 2.71 bits per heavy atom. The number of benzene rings is 1. The van der Waals surface area contributed by atoms with Gasteiger partial charge < -0.3 is 15.1 Å². The standard InChI is InChI=1S/C20H31N3O/c1-22(20(24)10-9-17-11-13-21-14-12-17)19-8-5-15-23(16-19)18-6-3-2-4-7-18/h2-4,6-7,17,19,21H,5,8-16H2,1H3. The Balaban J connectivity index is 1.50. The zero-order valence-corrected chi connectivity index (χ0v) is 14.9. The molecule has 2 fully saturated rings. The predicted molar refractivity (Wildman–Crippen MR) is 99.3 cm³/mol. The van der Waals surface area contributed by atoms with Gasteiger partial charge in [-0.15, -0.1) is 0 Å². The second kappa shape index (κ2) is 8.52. The number of amides is 1. The summed E-state index contributed by atoms with van der Waals surface area (Å²) in [4.78, 5) is 17.1. The molecule has 1 amide bonds. The number of nitrogens with zero attached hydrogens (tertiary/aromatic N) is 2. The molecular weight excluding hydrogens is 298 g/mol. The molecule has 2 heterocycles. The highest BCUT2D eigenvalue weighted by Crippen LogP contribution is 2.23. The number of nitrogens with one attached hydrogen (secondary N) is 1. The third kappa shape index (κ3) is 4.50. The molecule has 132 valence electrons. The van der Waals surface area contributed by atoms with Crippen molar-refractivity contribution in [2.75, 3.05) is 38.1 Å². The monoisotopic (exact) mass is 329 g/mol. The van der Waals surface area contributed by atoms with Gasteiger partial charge in [0, 0.05) is 38.3 Å². The number of hydrogen-bond donors (Lipinski definition) is 1. The third-order valence-corrected chi connectivity index (χ3v) is 5.68. The van der Waals surface area contributed by atoms with E-state index in [1.807, 2.05) is 11.9 Å². The van der Waals surface area contributed by atoms with Gasteiger partial charge in [-0.25, -0.2) is 0 Å². The van der Waals surface area contributed by atoms with E-state index in [0.717, 1.165) is 51.4 Å². The SMILES string of the molecule is CN(C(=O)CCC1CCNCC1)C1CCCN(c2ccccc2)C1. The number of para-hydroxylation sites is 1. The van der Waals surface area contributed by atoms with Crippen LogP contribution in [0.3, 0.4) is 0 Å². The number of piperidine rings is 2. The second-order valence-corrected chi connectivity index (χ2v) is 7.31. The van der Waals surface area contributed by atoms with Crippen LogP contribution in [0.2, 0.25) is 0 Å². The van der Waals surface area contributed by atoms with Crippen molar-refractivity contribution in [3.8, 4) is 0 Å². The van der Waals surface area contributed by atoms with Crippen molar-refractivity contribution in [2.45, 2.75) is 44.6 Å². The molecule has 1 atom stereocenters. The van der Waals surface area contributed by atoms with Crippen LogP contribution in [-0.2, 0) is 4.79 Å². The maximum absolute atomic E-state index is 12.6. The fourth-order valence-electron chi connectivity index (χ4n) is 4.02. The van der Waals surface area contributed by atoms with Gasteiger partial charge in [-0.3, -0.25) is 4.79 Å². The van der Waals surface area contributed by atoms with Crippen molar-refractivity contribution in [2.24, 2.45) is 5.92 Å². The average Bonchev–Trinajstić information content (AvgIpc) is 2.67. The Hall–Kier alpha value is -1.55. The first-order chi connectivity index (χ1) is 11.7. The Kier molecular flexibility index (Phi) is 6.13. The molecule has 4 nitrogen and oxygen atoms in total. The lowest BCUT2D eigenvalue weighted by atomic mass is 9.93. The Labute approximate surface area is 146 Å². The quantitative estimate of drug-likeness (QED) is 0.902. The van der Waals surface area contributed by atoms with E-state index >= 15 is 0 Å². The third-order valence-electron chi connectivity index (χ3n) is 5.68. The van der Waals surface area contributed by atoms with Gasteiger partial charge in [0.05, 0.1) is 0 Å². The van der Waals surface area contributed by atoms with Crippen molar-refractivity contribution in [3.63, 3.8) is 0 Å². The van der Waals surface area contributed by atoms with Gasteiger partial charge in [-0.2, -0.15) is 0 Å². The lowest BCUT2D eigenvalue weighted by molar-refractivity contribution is -0.132. The van der Waals surface area contributed by atoms with Crippen LogP contribution < -0.4 is 10.2 Å². The van der Waals surface area contributed by atoms with Crippen molar-refractivity contribution in [3.05, 3.63) is 30.3 Å². The molecule has 2 aliphatic rings. The lowest BCUT2D eigenvalue weighted by Gasteiger charge is -2.39. The summed E-state index contributed by atoms with van der Waals surface area (Å²) in [5, 5.41) is 3.40. The maximum Gasteiger partial charge on any atom is 0.222 e. The highest BCUT2D eigenvalue weighted by Gasteiger charge is 2.26. The summed E-state index contributed by atoms with van der Waals surface area (Å²) >= 11 is 0. The fourth-order valence-corrected chi connectivity index (χ4v) is 4.02. The largest absolute Gasteiger partial charge is 0.369 e. The molecule has 3 rings (SSSR count). The topological polar surface area (TPSA) is 35.6 Å². The van der Waals surface area contributed by atoms with Gasteiger partial charge in [0.2, 0.25) is 5.91 Å². The van der Waals surface area contributed by atoms with E-state index in [4.69, 9.17) is 0 Å². The fraction of sp³-hybridized carbons (Fsp3) is 0.650. The van der Waals surface area contributed by atoms with Crippen LogP contribution in [0.4, 0.5) is 5.69 Å². The molecule has 1 unspecified atom stereocenters. The van der Waals surface area contributed by atoms with Crippen LogP contribution in [0, 0.1) is 5.92 Å². The predicted octanol–water partition coefficient (Wildman–Crippen LogP) is 2.89. The first kappa shape index (κ1) is 17.3. The Morgan fingerprint density at radius 1 is 1.21 bits per heavy atom.